The fourth-order valence-electron chi connectivity index (χ4n) is 3.74. The van der Waals surface area contributed by atoms with Gasteiger partial charge in [-0.1, -0.05) is 43.9 Å². The third-order valence-electron chi connectivity index (χ3n) is 5.29. The molecule has 5 nitrogen and oxygen atoms in total. The van der Waals surface area contributed by atoms with E-state index in [1.807, 2.05) is 24.3 Å². The van der Waals surface area contributed by atoms with Gasteiger partial charge in [0.1, 0.15) is 5.82 Å². The first kappa shape index (κ1) is 19.6. The number of para-hydroxylation sites is 1. The first-order valence-corrected chi connectivity index (χ1v) is 11.4. The van der Waals surface area contributed by atoms with Crippen molar-refractivity contribution in [2.45, 2.75) is 49.5 Å². The Morgan fingerprint density at radius 2 is 1.62 bits per heavy atom. The average molecular weight is 414 g/mol. The van der Waals surface area contributed by atoms with E-state index in [1.54, 1.807) is 6.07 Å². The van der Waals surface area contributed by atoms with E-state index in [-0.39, 0.29) is 10.9 Å². The van der Waals surface area contributed by atoms with Crippen molar-refractivity contribution in [3.05, 3.63) is 60.4 Å². The highest BCUT2D eigenvalue weighted by atomic mass is 32.2. The van der Waals surface area contributed by atoms with Gasteiger partial charge in [-0.25, -0.2) is 17.8 Å². The van der Waals surface area contributed by atoms with Gasteiger partial charge in [0.25, 0.3) is 10.0 Å². The maximum Gasteiger partial charge on any atom is 0.262 e. The Labute approximate surface area is 170 Å². The van der Waals surface area contributed by atoms with Crippen LogP contribution in [0, 0.1) is 5.82 Å². The molecule has 1 saturated carbocycles. The lowest BCUT2D eigenvalue weighted by atomic mass is 10.1. The Kier molecular flexibility index (Phi) is 5.67. The van der Waals surface area contributed by atoms with Crippen LogP contribution in [0.1, 0.15) is 38.5 Å². The minimum Gasteiger partial charge on any atom is -0.366 e. The fraction of sp³-hybridized carbons (Fsp3) is 0.318. The predicted molar refractivity (Wildman–Crippen MR) is 114 cm³/mol. The molecule has 0 spiro atoms. The number of rotatable bonds is 5. The number of hydrogen-bond donors (Lipinski definition) is 2. The highest BCUT2D eigenvalue weighted by molar-refractivity contribution is 7.92. The van der Waals surface area contributed by atoms with Crippen LogP contribution < -0.4 is 10.0 Å². The molecule has 1 fully saturated rings. The highest BCUT2D eigenvalue weighted by Crippen LogP contribution is 2.30. The van der Waals surface area contributed by atoms with Crippen molar-refractivity contribution < 1.29 is 12.8 Å². The summed E-state index contributed by atoms with van der Waals surface area (Å²) in [6.07, 6.45) is 6.85. The molecule has 2 aromatic carbocycles. The van der Waals surface area contributed by atoms with Gasteiger partial charge in [-0.05, 0) is 49.2 Å². The zero-order chi connectivity index (χ0) is 20.3. The molecule has 1 aliphatic rings. The van der Waals surface area contributed by atoms with Gasteiger partial charge in [-0.15, -0.1) is 0 Å². The molecule has 0 atom stereocenters. The molecule has 1 aliphatic carbocycles. The molecule has 1 heterocycles. The van der Waals surface area contributed by atoms with Gasteiger partial charge < -0.3 is 5.32 Å². The Morgan fingerprint density at radius 3 is 2.34 bits per heavy atom. The smallest absolute Gasteiger partial charge is 0.262 e. The molecular formula is C22H24FN3O2S. The number of fused-ring (bicyclic) bond motifs is 1. The number of pyridine rings is 1. The van der Waals surface area contributed by atoms with E-state index >= 15 is 0 Å². The van der Waals surface area contributed by atoms with E-state index in [1.165, 1.54) is 25.0 Å². The first-order valence-electron chi connectivity index (χ1n) is 9.96. The van der Waals surface area contributed by atoms with Crippen molar-refractivity contribution in [1.82, 2.24) is 4.98 Å². The number of nitrogens with one attached hydrogen (secondary N) is 2. The molecule has 0 radical (unpaired) electrons. The van der Waals surface area contributed by atoms with Crippen LogP contribution in [0.4, 0.5) is 15.9 Å². The van der Waals surface area contributed by atoms with Crippen LogP contribution in [0.15, 0.2) is 59.5 Å². The minimum atomic E-state index is -3.87. The lowest BCUT2D eigenvalue weighted by Gasteiger charge is -2.20. The third kappa shape index (κ3) is 4.67. The molecule has 4 rings (SSSR count). The average Bonchev–Trinajstić information content (AvgIpc) is 2.97. The van der Waals surface area contributed by atoms with E-state index in [0.717, 1.165) is 48.7 Å². The number of hydrogen-bond acceptors (Lipinski definition) is 4. The lowest BCUT2D eigenvalue weighted by Crippen LogP contribution is -2.21. The zero-order valence-corrected chi connectivity index (χ0v) is 16.9. The molecule has 0 aliphatic heterocycles. The minimum absolute atomic E-state index is 0.00692. The number of benzene rings is 2. The van der Waals surface area contributed by atoms with E-state index in [9.17, 15) is 12.8 Å². The summed E-state index contributed by atoms with van der Waals surface area (Å²) >= 11 is 0. The van der Waals surface area contributed by atoms with Crippen molar-refractivity contribution in [3.8, 4) is 0 Å². The number of aromatic nitrogens is 1. The molecule has 0 amide bonds. The monoisotopic (exact) mass is 413 g/mol. The Morgan fingerprint density at radius 1 is 0.931 bits per heavy atom. The summed E-state index contributed by atoms with van der Waals surface area (Å²) < 4.78 is 41.6. The van der Waals surface area contributed by atoms with Crippen molar-refractivity contribution in [1.29, 1.82) is 0 Å². The van der Waals surface area contributed by atoms with Crippen molar-refractivity contribution in [3.63, 3.8) is 0 Å². The first-order chi connectivity index (χ1) is 14.0. The summed E-state index contributed by atoms with van der Waals surface area (Å²) in [6, 6.07) is 14.4. The van der Waals surface area contributed by atoms with Gasteiger partial charge in [0.05, 0.1) is 16.1 Å². The van der Waals surface area contributed by atoms with Crippen LogP contribution in [0.3, 0.4) is 0 Å². The van der Waals surface area contributed by atoms with Gasteiger partial charge in [0.2, 0.25) is 0 Å². The summed E-state index contributed by atoms with van der Waals surface area (Å²) in [5.74, 6) is 0.0494. The highest BCUT2D eigenvalue weighted by Gasteiger charge is 2.20. The van der Waals surface area contributed by atoms with Crippen LogP contribution in [0.5, 0.6) is 0 Å². The molecule has 0 bridgehead atoms. The summed E-state index contributed by atoms with van der Waals surface area (Å²) in [7, 11) is -3.87. The fourth-order valence-corrected chi connectivity index (χ4v) is 4.80. The van der Waals surface area contributed by atoms with Crippen molar-refractivity contribution >= 4 is 32.4 Å². The summed E-state index contributed by atoms with van der Waals surface area (Å²) in [6.45, 7) is 0. The van der Waals surface area contributed by atoms with Gasteiger partial charge in [-0.2, -0.15) is 0 Å². The number of anilines is 2. The van der Waals surface area contributed by atoms with Crippen LogP contribution in [-0.4, -0.2) is 19.4 Å². The van der Waals surface area contributed by atoms with E-state index < -0.39 is 15.8 Å². The summed E-state index contributed by atoms with van der Waals surface area (Å²) in [5.41, 5.74) is 1.20. The van der Waals surface area contributed by atoms with Gasteiger partial charge >= 0.3 is 0 Å². The maximum absolute atomic E-state index is 13.2. The molecule has 152 valence electrons. The van der Waals surface area contributed by atoms with Gasteiger partial charge in [0.15, 0.2) is 5.82 Å². The standard InChI is InChI=1S/C22H24FN3O2S/c23-17-11-13-19(14-12-17)29(27,28)26-21-15-16-7-5-6-10-20(16)25-22(21)24-18-8-3-1-2-4-9-18/h5-7,10-15,18,26H,1-4,8-9H2,(H,24,25). The second kappa shape index (κ2) is 8.37. The Balaban J connectivity index is 1.70. The van der Waals surface area contributed by atoms with Crippen LogP contribution in [-0.2, 0) is 10.0 Å². The number of sulfonamides is 1. The molecule has 0 saturated heterocycles. The normalized spacial score (nSPS) is 15.8. The summed E-state index contributed by atoms with van der Waals surface area (Å²) in [4.78, 5) is 4.70. The van der Waals surface area contributed by atoms with Crippen molar-refractivity contribution in [2.75, 3.05) is 10.0 Å². The summed E-state index contributed by atoms with van der Waals surface area (Å²) in [5, 5.41) is 4.31. The number of halogens is 1. The maximum atomic E-state index is 13.2. The molecule has 7 heteroatoms. The van der Waals surface area contributed by atoms with Crippen LogP contribution in [0.25, 0.3) is 10.9 Å². The zero-order valence-electron chi connectivity index (χ0n) is 16.1. The molecule has 0 unspecified atom stereocenters. The largest absolute Gasteiger partial charge is 0.366 e. The molecule has 2 N–H and O–H groups in total. The Bertz CT molecular complexity index is 1090. The quantitative estimate of drug-likeness (QED) is 0.556. The van der Waals surface area contributed by atoms with Crippen molar-refractivity contribution in [2.24, 2.45) is 0 Å². The number of nitrogens with zero attached hydrogens (tertiary/aromatic N) is 1. The van der Waals surface area contributed by atoms with E-state index in [0.29, 0.717) is 11.5 Å². The van der Waals surface area contributed by atoms with E-state index in [4.69, 9.17) is 4.98 Å². The second-order valence-electron chi connectivity index (χ2n) is 7.47. The van der Waals surface area contributed by atoms with Crippen LogP contribution in [0.2, 0.25) is 0 Å². The van der Waals surface area contributed by atoms with Crippen LogP contribution >= 0.6 is 0 Å². The topological polar surface area (TPSA) is 71.1 Å². The molecule has 3 aromatic rings. The Hall–Kier alpha value is -2.67. The molecule has 29 heavy (non-hydrogen) atoms. The molecular weight excluding hydrogens is 389 g/mol. The third-order valence-corrected chi connectivity index (χ3v) is 6.67. The molecule has 1 aromatic heterocycles. The predicted octanol–water partition coefficient (Wildman–Crippen LogP) is 5.31. The van der Waals surface area contributed by atoms with E-state index in [2.05, 4.69) is 10.0 Å². The lowest BCUT2D eigenvalue weighted by molar-refractivity contribution is 0.599. The van der Waals surface area contributed by atoms with Gasteiger partial charge in [-0.3, -0.25) is 4.72 Å². The second-order valence-corrected chi connectivity index (χ2v) is 9.15. The van der Waals surface area contributed by atoms with Gasteiger partial charge in [0, 0.05) is 11.4 Å². The SMILES string of the molecule is O=S(=O)(Nc1cc2ccccc2nc1NC1CCCCCC1)c1ccc(F)cc1.